The number of pyridine rings is 1. The van der Waals surface area contributed by atoms with Crippen LogP contribution in [0.4, 0.5) is 17.6 Å². The fourth-order valence-corrected chi connectivity index (χ4v) is 3.40. The number of nitrogens with zero attached hydrogens (tertiary/aromatic N) is 3. The van der Waals surface area contributed by atoms with Crippen LogP contribution < -0.4 is 5.56 Å². The monoisotopic (exact) mass is 463 g/mol. The molecule has 0 bridgehead atoms. The first-order chi connectivity index (χ1) is 15.4. The van der Waals surface area contributed by atoms with Gasteiger partial charge in [0, 0.05) is 17.8 Å². The van der Waals surface area contributed by atoms with Crippen molar-refractivity contribution in [2.24, 2.45) is 0 Å². The van der Waals surface area contributed by atoms with Gasteiger partial charge in [0.2, 0.25) is 0 Å². The topological polar surface area (TPSA) is 129 Å². The normalized spacial score (nSPS) is 12.4. The third-order valence-electron chi connectivity index (χ3n) is 4.78. The highest BCUT2D eigenvalue weighted by molar-refractivity contribution is 5.91. The van der Waals surface area contributed by atoms with Crippen LogP contribution in [0.25, 0.3) is 27.8 Å². The van der Waals surface area contributed by atoms with Crippen LogP contribution in [0.2, 0.25) is 0 Å². The molecule has 0 fully saturated rings. The lowest BCUT2D eigenvalue weighted by atomic mass is 9.95. The molecular weight excluding hydrogens is 450 g/mol. The molecule has 0 atom stereocenters. The number of aromatic nitrogens is 3. The standard InChI is InChI=1S/C21H13F4N3O5/c22-14-7-6-10(9-15(14)23)28-19(29)12-4-2-8-26-17(12)18(27-28)11-3-1-5-13(20(24,30)31)16(11)21(25,32)33/h1-9,30-33H. The maximum atomic E-state index is 14.4. The summed E-state index contributed by atoms with van der Waals surface area (Å²) in [5.41, 5.74) is -4.88. The molecule has 2 aromatic heterocycles. The Bertz CT molecular complexity index is 1450. The quantitative estimate of drug-likeness (QED) is 0.269. The van der Waals surface area contributed by atoms with E-state index in [1.165, 1.54) is 18.3 Å². The van der Waals surface area contributed by atoms with E-state index in [2.05, 4.69) is 10.1 Å². The average Bonchev–Trinajstić information content (AvgIpc) is 2.74. The molecule has 0 amide bonds. The van der Waals surface area contributed by atoms with Crippen LogP contribution >= 0.6 is 0 Å². The number of halogens is 4. The van der Waals surface area contributed by atoms with Gasteiger partial charge in [-0.15, -0.1) is 0 Å². The summed E-state index contributed by atoms with van der Waals surface area (Å²) in [7, 11) is 0. The molecule has 2 heterocycles. The minimum atomic E-state index is -4.29. The molecule has 0 aliphatic rings. The maximum absolute atomic E-state index is 14.4. The number of alkyl halides is 2. The van der Waals surface area contributed by atoms with Gasteiger partial charge in [-0.2, -0.15) is 18.6 Å². The predicted molar refractivity (Wildman–Crippen MR) is 105 cm³/mol. The van der Waals surface area contributed by atoms with Crippen molar-refractivity contribution in [3.05, 3.63) is 87.8 Å². The second kappa shape index (κ2) is 7.71. The molecule has 0 aliphatic heterocycles. The van der Waals surface area contributed by atoms with Gasteiger partial charge in [-0.1, -0.05) is 18.2 Å². The van der Waals surface area contributed by atoms with Crippen LogP contribution in [0.15, 0.2) is 59.5 Å². The highest BCUT2D eigenvalue weighted by Gasteiger charge is 2.40. The van der Waals surface area contributed by atoms with Crippen molar-refractivity contribution >= 4 is 10.9 Å². The summed E-state index contributed by atoms with van der Waals surface area (Å²) in [4.78, 5) is 16.9. The second-order valence-electron chi connectivity index (χ2n) is 6.97. The third-order valence-corrected chi connectivity index (χ3v) is 4.78. The summed E-state index contributed by atoms with van der Waals surface area (Å²) < 4.78 is 56.1. The van der Waals surface area contributed by atoms with Crippen LogP contribution in [0, 0.1) is 11.6 Å². The Hall–Kier alpha value is -3.71. The summed E-state index contributed by atoms with van der Waals surface area (Å²) >= 11 is 0. The van der Waals surface area contributed by atoms with E-state index in [4.69, 9.17) is 0 Å². The summed E-state index contributed by atoms with van der Waals surface area (Å²) in [6.45, 7) is 0. The van der Waals surface area contributed by atoms with Crippen molar-refractivity contribution < 1.29 is 38.0 Å². The Labute approximate surface area is 181 Å². The fraction of sp³-hybridized carbons (Fsp3) is 0.0952. The maximum Gasteiger partial charge on any atom is 0.345 e. The lowest BCUT2D eigenvalue weighted by molar-refractivity contribution is -0.290. The summed E-state index contributed by atoms with van der Waals surface area (Å²) in [5.74, 6) is -2.49. The minimum Gasteiger partial charge on any atom is -0.336 e. The first-order valence-corrected chi connectivity index (χ1v) is 9.14. The Kier molecular flexibility index (Phi) is 5.25. The molecular formula is C21H13F4N3O5. The van der Waals surface area contributed by atoms with E-state index in [9.17, 15) is 42.8 Å². The van der Waals surface area contributed by atoms with Crippen molar-refractivity contribution in [2.75, 3.05) is 0 Å². The number of hydrogen-bond donors (Lipinski definition) is 4. The predicted octanol–water partition coefficient (Wildman–Crippen LogP) is 1.85. The zero-order chi connectivity index (χ0) is 24.1. The van der Waals surface area contributed by atoms with Crippen LogP contribution in [0.3, 0.4) is 0 Å². The zero-order valence-corrected chi connectivity index (χ0v) is 16.2. The van der Waals surface area contributed by atoms with E-state index >= 15 is 0 Å². The molecule has 0 unspecified atom stereocenters. The highest BCUT2D eigenvalue weighted by atomic mass is 19.2. The van der Waals surface area contributed by atoms with Crippen molar-refractivity contribution in [3.8, 4) is 16.9 Å². The molecule has 4 N–H and O–H groups in total. The van der Waals surface area contributed by atoms with Gasteiger partial charge < -0.3 is 20.4 Å². The fourth-order valence-electron chi connectivity index (χ4n) is 3.40. The molecule has 0 radical (unpaired) electrons. The third kappa shape index (κ3) is 3.96. The van der Waals surface area contributed by atoms with E-state index in [-0.39, 0.29) is 16.6 Å². The van der Waals surface area contributed by atoms with E-state index < -0.39 is 51.7 Å². The number of benzene rings is 2. The van der Waals surface area contributed by atoms with Crippen molar-refractivity contribution in [2.45, 2.75) is 12.1 Å². The molecule has 170 valence electrons. The molecule has 12 heteroatoms. The van der Waals surface area contributed by atoms with Gasteiger partial charge in [0.15, 0.2) is 11.6 Å². The number of rotatable bonds is 4. The minimum absolute atomic E-state index is 0.150. The lowest BCUT2D eigenvalue weighted by Gasteiger charge is -2.23. The van der Waals surface area contributed by atoms with Crippen LogP contribution in [-0.2, 0) is 12.1 Å². The van der Waals surface area contributed by atoms with Crippen LogP contribution in [0.5, 0.6) is 0 Å². The lowest BCUT2D eigenvalue weighted by Crippen LogP contribution is -2.29. The molecule has 0 spiro atoms. The summed E-state index contributed by atoms with van der Waals surface area (Å²) in [6.07, 6.45) is 1.23. The number of aliphatic hydroxyl groups is 4. The highest BCUT2D eigenvalue weighted by Crippen LogP contribution is 2.39. The van der Waals surface area contributed by atoms with Gasteiger partial charge >= 0.3 is 12.1 Å². The largest absolute Gasteiger partial charge is 0.345 e. The molecule has 33 heavy (non-hydrogen) atoms. The molecule has 2 aromatic carbocycles. The van der Waals surface area contributed by atoms with E-state index in [0.29, 0.717) is 16.8 Å². The van der Waals surface area contributed by atoms with Crippen molar-refractivity contribution in [1.82, 2.24) is 14.8 Å². The van der Waals surface area contributed by atoms with Gasteiger partial charge in [0.25, 0.3) is 5.56 Å². The molecule has 0 saturated carbocycles. The van der Waals surface area contributed by atoms with Gasteiger partial charge in [0.05, 0.1) is 22.2 Å². The van der Waals surface area contributed by atoms with Crippen LogP contribution in [-0.4, -0.2) is 35.2 Å². The molecule has 0 aliphatic carbocycles. The van der Waals surface area contributed by atoms with Gasteiger partial charge in [-0.05, 0) is 24.3 Å². The first kappa shape index (κ1) is 22.5. The van der Waals surface area contributed by atoms with Crippen molar-refractivity contribution in [3.63, 3.8) is 0 Å². The van der Waals surface area contributed by atoms with E-state index in [1.807, 2.05) is 0 Å². The summed E-state index contributed by atoms with van der Waals surface area (Å²) in [6, 6.07) is -0.653. The average molecular weight is 463 g/mol. The van der Waals surface area contributed by atoms with Gasteiger partial charge in [-0.25, -0.2) is 8.78 Å². The van der Waals surface area contributed by atoms with Crippen molar-refractivity contribution in [1.29, 1.82) is 0 Å². The smallest absolute Gasteiger partial charge is 0.336 e. The molecule has 0 saturated heterocycles. The SMILES string of the molecule is O=c1c2cccnc2c(-c2cccc(C(O)(O)F)c2C(O)(O)F)nn1-c1ccc(F)c(F)c1. The first-order valence-electron chi connectivity index (χ1n) is 9.14. The van der Waals surface area contributed by atoms with Gasteiger partial charge in [0.1, 0.15) is 11.2 Å². The summed E-state index contributed by atoms with van der Waals surface area (Å²) in [5, 5.41) is 41.9. The number of fused-ring (bicyclic) bond motifs is 1. The van der Waals surface area contributed by atoms with Gasteiger partial charge in [-0.3, -0.25) is 9.78 Å². The number of hydrogen-bond acceptors (Lipinski definition) is 7. The van der Waals surface area contributed by atoms with E-state index in [0.717, 1.165) is 24.3 Å². The molecule has 8 nitrogen and oxygen atoms in total. The Balaban J connectivity index is 2.15. The Morgan fingerprint density at radius 2 is 1.61 bits per heavy atom. The van der Waals surface area contributed by atoms with E-state index in [1.54, 1.807) is 0 Å². The molecule has 4 rings (SSSR count). The van der Waals surface area contributed by atoms with Crippen LogP contribution in [0.1, 0.15) is 11.1 Å². The Morgan fingerprint density at radius 1 is 0.879 bits per heavy atom. The zero-order valence-electron chi connectivity index (χ0n) is 16.2. The molecule has 4 aromatic rings. The Morgan fingerprint density at radius 3 is 2.24 bits per heavy atom. The second-order valence-corrected chi connectivity index (χ2v) is 6.97.